The Morgan fingerprint density at radius 2 is 1.94 bits per heavy atom. The SMILES string of the molecule is CC(=O)[C@H](CN1CCC1)c1ccc(C)cc1. The molecule has 0 unspecified atom stereocenters. The second-order valence-electron chi connectivity index (χ2n) is 4.73. The molecule has 1 aliphatic rings. The van der Waals surface area contributed by atoms with Gasteiger partial charge in [-0.2, -0.15) is 0 Å². The summed E-state index contributed by atoms with van der Waals surface area (Å²) in [6, 6.07) is 8.34. The fourth-order valence-electron chi connectivity index (χ4n) is 2.09. The van der Waals surface area contributed by atoms with Crippen LogP contribution in [-0.2, 0) is 4.79 Å². The third-order valence-electron chi connectivity index (χ3n) is 3.36. The number of ketones is 1. The Morgan fingerprint density at radius 3 is 2.38 bits per heavy atom. The summed E-state index contributed by atoms with van der Waals surface area (Å²) in [5.74, 6) is 0.330. The summed E-state index contributed by atoms with van der Waals surface area (Å²) in [6.45, 7) is 6.95. The Morgan fingerprint density at radius 1 is 1.31 bits per heavy atom. The molecule has 1 aromatic carbocycles. The molecule has 16 heavy (non-hydrogen) atoms. The van der Waals surface area contributed by atoms with Crippen LogP contribution in [0.3, 0.4) is 0 Å². The van der Waals surface area contributed by atoms with Crippen LogP contribution < -0.4 is 0 Å². The van der Waals surface area contributed by atoms with Crippen molar-refractivity contribution in [3.8, 4) is 0 Å². The minimum absolute atomic E-state index is 0.0564. The highest BCUT2D eigenvalue weighted by molar-refractivity contribution is 5.83. The zero-order valence-corrected chi connectivity index (χ0v) is 10.1. The largest absolute Gasteiger partial charge is 0.302 e. The Hall–Kier alpha value is -1.15. The molecule has 0 amide bonds. The maximum absolute atomic E-state index is 11.7. The minimum atomic E-state index is 0.0564. The summed E-state index contributed by atoms with van der Waals surface area (Å²) in [5, 5.41) is 0. The van der Waals surface area contributed by atoms with Gasteiger partial charge in [0.1, 0.15) is 5.78 Å². The molecule has 1 aliphatic heterocycles. The lowest BCUT2D eigenvalue weighted by Crippen LogP contribution is -2.41. The second-order valence-corrected chi connectivity index (χ2v) is 4.73. The van der Waals surface area contributed by atoms with Gasteiger partial charge in [0, 0.05) is 6.54 Å². The van der Waals surface area contributed by atoms with Gasteiger partial charge in [-0.1, -0.05) is 29.8 Å². The highest BCUT2D eigenvalue weighted by Crippen LogP contribution is 2.21. The normalized spacial score (nSPS) is 17.9. The number of carbonyl (C=O) groups is 1. The smallest absolute Gasteiger partial charge is 0.138 e. The van der Waals surface area contributed by atoms with Crippen molar-refractivity contribution in [3.63, 3.8) is 0 Å². The molecule has 0 saturated carbocycles. The van der Waals surface area contributed by atoms with Crippen LogP contribution in [0.15, 0.2) is 24.3 Å². The number of carbonyl (C=O) groups excluding carboxylic acids is 1. The average Bonchev–Trinajstić information content (AvgIpc) is 2.18. The minimum Gasteiger partial charge on any atom is -0.302 e. The van der Waals surface area contributed by atoms with Gasteiger partial charge in [0.05, 0.1) is 5.92 Å². The molecule has 0 spiro atoms. The van der Waals surface area contributed by atoms with Gasteiger partial charge in [0.25, 0.3) is 0 Å². The van der Waals surface area contributed by atoms with E-state index in [2.05, 4.69) is 36.1 Å². The number of benzene rings is 1. The standard InChI is InChI=1S/C14H19NO/c1-11-4-6-13(7-5-11)14(12(2)16)10-15-8-3-9-15/h4-7,14H,3,8-10H2,1-2H3/t14-/m0/s1. The van der Waals surface area contributed by atoms with Gasteiger partial charge in [-0.3, -0.25) is 4.79 Å². The van der Waals surface area contributed by atoms with Crippen molar-refractivity contribution in [1.82, 2.24) is 4.90 Å². The summed E-state index contributed by atoms with van der Waals surface area (Å²) >= 11 is 0. The first-order valence-electron chi connectivity index (χ1n) is 5.96. The molecule has 86 valence electrons. The molecule has 0 aromatic heterocycles. The van der Waals surface area contributed by atoms with Crippen LogP contribution in [0, 0.1) is 6.92 Å². The van der Waals surface area contributed by atoms with Crippen molar-refractivity contribution in [2.24, 2.45) is 0 Å². The Kier molecular flexibility index (Phi) is 3.39. The number of hydrogen-bond acceptors (Lipinski definition) is 2. The quantitative estimate of drug-likeness (QED) is 0.771. The monoisotopic (exact) mass is 217 g/mol. The molecule has 0 bridgehead atoms. The molecular formula is C14H19NO. The number of aryl methyl sites for hydroxylation is 1. The summed E-state index contributed by atoms with van der Waals surface area (Å²) in [5.41, 5.74) is 2.40. The van der Waals surface area contributed by atoms with Gasteiger partial charge in [0.15, 0.2) is 0 Å². The average molecular weight is 217 g/mol. The number of nitrogens with zero attached hydrogens (tertiary/aromatic N) is 1. The number of Topliss-reactive ketones (excluding diaryl/α,β-unsaturated/α-hetero) is 1. The predicted molar refractivity (Wildman–Crippen MR) is 65.7 cm³/mol. The highest BCUT2D eigenvalue weighted by atomic mass is 16.1. The Balaban J connectivity index is 2.11. The Labute approximate surface area is 97.3 Å². The van der Waals surface area contributed by atoms with E-state index in [1.165, 1.54) is 12.0 Å². The van der Waals surface area contributed by atoms with Gasteiger partial charge in [-0.25, -0.2) is 0 Å². The van der Waals surface area contributed by atoms with Gasteiger partial charge >= 0.3 is 0 Å². The van der Waals surface area contributed by atoms with Crippen LogP contribution in [-0.4, -0.2) is 30.3 Å². The maximum atomic E-state index is 11.7. The first-order valence-corrected chi connectivity index (χ1v) is 5.96. The first-order chi connectivity index (χ1) is 7.66. The lowest BCUT2D eigenvalue weighted by Gasteiger charge is -2.33. The third kappa shape index (κ3) is 2.50. The molecule has 1 heterocycles. The van der Waals surface area contributed by atoms with Crippen LogP contribution >= 0.6 is 0 Å². The molecule has 0 aliphatic carbocycles. The zero-order valence-electron chi connectivity index (χ0n) is 10.1. The van der Waals surface area contributed by atoms with Crippen molar-refractivity contribution < 1.29 is 4.79 Å². The summed E-state index contributed by atoms with van der Waals surface area (Å²) in [4.78, 5) is 14.0. The van der Waals surface area contributed by atoms with E-state index in [0.29, 0.717) is 0 Å². The van der Waals surface area contributed by atoms with Crippen LogP contribution in [0.4, 0.5) is 0 Å². The third-order valence-corrected chi connectivity index (χ3v) is 3.36. The van der Waals surface area contributed by atoms with Crippen molar-refractivity contribution in [1.29, 1.82) is 0 Å². The molecule has 2 rings (SSSR count). The molecule has 2 nitrogen and oxygen atoms in total. The van der Waals surface area contributed by atoms with Crippen LogP contribution in [0.5, 0.6) is 0 Å². The van der Waals surface area contributed by atoms with E-state index in [4.69, 9.17) is 0 Å². The number of hydrogen-bond donors (Lipinski definition) is 0. The molecule has 1 fully saturated rings. The van der Waals surface area contributed by atoms with E-state index >= 15 is 0 Å². The van der Waals surface area contributed by atoms with Gasteiger partial charge in [-0.15, -0.1) is 0 Å². The van der Waals surface area contributed by atoms with Crippen LogP contribution in [0.25, 0.3) is 0 Å². The van der Waals surface area contributed by atoms with Gasteiger partial charge < -0.3 is 4.90 Å². The van der Waals surface area contributed by atoms with Crippen molar-refractivity contribution in [2.45, 2.75) is 26.2 Å². The van der Waals surface area contributed by atoms with Crippen LogP contribution in [0.2, 0.25) is 0 Å². The predicted octanol–water partition coefficient (Wildman–Crippen LogP) is 2.37. The molecule has 2 heteroatoms. The van der Waals surface area contributed by atoms with Crippen molar-refractivity contribution in [3.05, 3.63) is 35.4 Å². The molecular weight excluding hydrogens is 198 g/mol. The highest BCUT2D eigenvalue weighted by Gasteiger charge is 2.23. The molecule has 0 N–H and O–H groups in total. The fourth-order valence-corrected chi connectivity index (χ4v) is 2.09. The summed E-state index contributed by atoms with van der Waals surface area (Å²) in [6.07, 6.45) is 1.28. The molecule has 1 atom stereocenters. The lowest BCUT2D eigenvalue weighted by atomic mass is 9.93. The number of likely N-dealkylation sites (tertiary alicyclic amines) is 1. The maximum Gasteiger partial charge on any atom is 0.138 e. The second kappa shape index (κ2) is 4.79. The molecule has 0 radical (unpaired) electrons. The number of rotatable bonds is 4. The summed E-state index contributed by atoms with van der Waals surface area (Å²) in [7, 11) is 0. The first kappa shape index (κ1) is 11.3. The van der Waals surface area contributed by atoms with Gasteiger partial charge in [0.2, 0.25) is 0 Å². The van der Waals surface area contributed by atoms with Gasteiger partial charge in [-0.05, 0) is 38.9 Å². The van der Waals surface area contributed by atoms with E-state index < -0.39 is 0 Å². The van der Waals surface area contributed by atoms with Crippen LogP contribution in [0.1, 0.15) is 30.4 Å². The van der Waals surface area contributed by atoms with E-state index in [1.54, 1.807) is 6.92 Å². The van der Waals surface area contributed by atoms with E-state index in [1.807, 2.05) is 0 Å². The van der Waals surface area contributed by atoms with E-state index in [9.17, 15) is 4.79 Å². The zero-order chi connectivity index (χ0) is 11.5. The summed E-state index contributed by atoms with van der Waals surface area (Å²) < 4.78 is 0. The fraction of sp³-hybridized carbons (Fsp3) is 0.500. The van der Waals surface area contributed by atoms with E-state index in [-0.39, 0.29) is 11.7 Å². The topological polar surface area (TPSA) is 20.3 Å². The molecule has 1 saturated heterocycles. The van der Waals surface area contributed by atoms with Crippen molar-refractivity contribution >= 4 is 5.78 Å². The lowest BCUT2D eigenvalue weighted by molar-refractivity contribution is -0.119. The Bertz CT molecular complexity index is 365. The van der Waals surface area contributed by atoms with E-state index in [0.717, 1.165) is 25.2 Å². The van der Waals surface area contributed by atoms with Crippen molar-refractivity contribution in [2.75, 3.05) is 19.6 Å². The molecule has 1 aromatic rings.